The van der Waals surface area contributed by atoms with Crippen LogP contribution in [-0.4, -0.2) is 32.3 Å². The first-order valence-corrected chi connectivity index (χ1v) is 13.2. The lowest BCUT2D eigenvalue weighted by Crippen LogP contribution is -2.34. The lowest BCUT2D eigenvalue weighted by Gasteiger charge is -2.23. The molecule has 0 aliphatic heterocycles. The third-order valence-electron chi connectivity index (χ3n) is 4.94. The van der Waals surface area contributed by atoms with Gasteiger partial charge in [-0.15, -0.1) is 16.8 Å². The van der Waals surface area contributed by atoms with Gasteiger partial charge in [-0.2, -0.15) is 0 Å². The third-order valence-corrected chi connectivity index (χ3v) is 7.47. The van der Waals surface area contributed by atoms with E-state index in [1.54, 1.807) is 48.5 Å². The number of anilines is 1. The van der Waals surface area contributed by atoms with Crippen LogP contribution in [0.1, 0.15) is 36.1 Å². The van der Waals surface area contributed by atoms with Gasteiger partial charge in [0.05, 0.1) is 27.4 Å². The molecule has 7 nitrogen and oxygen atoms in total. The lowest BCUT2D eigenvalue weighted by molar-refractivity contribution is -0.113. The topological polar surface area (TPSA) is 88.9 Å². The molecular weight excluding hydrogens is 573 g/mol. The van der Waals surface area contributed by atoms with Gasteiger partial charge in [0.25, 0.3) is 5.91 Å². The molecule has 0 saturated heterocycles. The third kappa shape index (κ3) is 7.10. The molecule has 1 unspecified atom stereocenters. The van der Waals surface area contributed by atoms with Crippen LogP contribution in [0.2, 0.25) is 10.0 Å². The lowest BCUT2D eigenvalue weighted by atomic mass is 10.0. The number of allylic oxidation sites excluding steroid dienone is 1. The Kier molecular flexibility index (Phi) is 9.80. The molecule has 0 aliphatic rings. The number of rotatable bonds is 10. The van der Waals surface area contributed by atoms with Crippen molar-refractivity contribution in [2.24, 2.45) is 5.92 Å². The van der Waals surface area contributed by atoms with E-state index >= 15 is 0 Å². The fourth-order valence-corrected chi connectivity index (χ4v) is 4.64. The molecular formula is C24H24BrCl2N5O2S. The Morgan fingerprint density at radius 1 is 1.17 bits per heavy atom. The molecule has 0 radical (unpaired) electrons. The maximum Gasteiger partial charge on any atom is 0.253 e. The minimum Gasteiger partial charge on any atom is -0.342 e. The van der Waals surface area contributed by atoms with Crippen LogP contribution in [0.4, 0.5) is 5.69 Å². The van der Waals surface area contributed by atoms with Crippen LogP contribution in [0.15, 0.2) is 64.7 Å². The quantitative estimate of drug-likeness (QED) is 0.209. The molecule has 2 aromatic carbocycles. The first-order chi connectivity index (χ1) is 16.7. The number of amides is 2. The number of thioether (sulfide) groups is 1. The van der Waals surface area contributed by atoms with Crippen molar-refractivity contribution in [3.05, 3.63) is 81.0 Å². The summed E-state index contributed by atoms with van der Waals surface area (Å²) >= 11 is 16.9. The van der Waals surface area contributed by atoms with Crippen LogP contribution in [0.3, 0.4) is 0 Å². The summed E-state index contributed by atoms with van der Waals surface area (Å²) in [5, 5.41) is 15.9. The monoisotopic (exact) mass is 595 g/mol. The van der Waals surface area contributed by atoms with Gasteiger partial charge < -0.3 is 15.2 Å². The normalized spacial score (nSPS) is 11.8. The van der Waals surface area contributed by atoms with Crippen LogP contribution >= 0.6 is 50.9 Å². The predicted molar refractivity (Wildman–Crippen MR) is 145 cm³/mol. The fraction of sp³-hybridized carbons (Fsp3) is 0.250. The van der Waals surface area contributed by atoms with Crippen molar-refractivity contribution < 1.29 is 9.59 Å². The van der Waals surface area contributed by atoms with E-state index in [0.717, 1.165) is 4.47 Å². The highest BCUT2D eigenvalue weighted by Gasteiger charge is 2.27. The van der Waals surface area contributed by atoms with Gasteiger partial charge >= 0.3 is 0 Å². The average molecular weight is 597 g/mol. The zero-order valence-corrected chi connectivity index (χ0v) is 23.0. The summed E-state index contributed by atoms with van der Waals surface area (Å²) < 4.78 is 2.59. The predicted octanol–water partition coefficient (Wildman–Crippen LogP) is 6.39. The summed E-state index contributed by atoms with van der Waals surface area (Å²) in [6, 6.07) is 11.6. The van der Waals surface area contributed by atoms with Gasteiger partial charge in [0, 0.05) is 16.7 Å². The second-order valence-corrected chi connectivity index (χ2v) is 10.5. The van der Waals surface area contributed by atoms with Gasteiger partial charge in [0.15, 0.2) is 11.0 Å². The molecule has 1 heterocycles. The molecule has 35 heavy (non-hydrogen) atoms. The maximum absolute atomic E-state index is 12.9. The average Bonchev–Trinajstić information content (AvgIpc) is 3.21. The molecule has 2 N–H and O–H groups in total. The van der Waals surface area contributed by atoms with Gasteiger partial charge in [0.1, 0.15) is 0 Å². The Hall–Kier alpha value is -2.33. The van der Waals surface area contributed by atoms with E-state index in [0.29, 0.717) is 38.8 Å². The molecule has 1 atom stereocenters. The Morgan fingerprint density at radius 2 is 1.91 bits per heavy atom. The van der Waals surface area contributed by atoms with Crippen molar-refractivity contribution >= 4 is 68.4 Å². The van der Waals surface area contributed by atoms with Crippen molar-refractivity contribution in [3.8, 4) is 0 Å². The molecule has 1 aromatic heterocycles. The summed E-state index contributed by atoms with van der Waals surface area (Å²) in [6.07, 6.45) is 1.72. The van der Waals surface area contributed by atoms with Crippen molar-refractivity contribution in [2.45, 2.75) is 31.6 Å². The van der Waals surface area contributed by atoms with Gasteiger partial charge in [0.2, 0.25) is 5.91 Å². The minimum atomic E-state index is -0.431. The van der Waals surface area contributed by atoms with Crippen LogP contribution in [0, 0.1) is 5.92 Å². The van der Waals surface area contributed by atoms with E-state index in [2.05, 4.69) is 43.3 Å². The Balaban J connectivity index is 1.76. The van der Waals surface area contributed by atoms with E-state index in [4.69, 9.17) is 23.2 Å². The van der Waals surface area contributed by atoms with Gasteiger partial charge in [-0.3, -0.25) is 9.59 Å². The van der Waals surface area contributed by atoms with Crippen molar-refractivity contribution in [3.63, 3.8) is 0 Å². The first-order valence-electron chi connectivity index (χ1n) is 10.7. The Labute approximate surface area is 226 Å². The number of hydrogen-bond donors (Lipinski definition) is 2. The molecule has 0 fully saturated rings. The molecule has 0 saturated carbocycles. The molecule has 0 spiro atoms. The molecule has 11 heteroatoms. The van der Waals surface area contributed by atoms with Gasteiger partial charge in [-0.25, -0.2) is 0 Å². The van der Waals surface area contributed by atoms with E-state index < -0.39 is 6.04 Å². The van der Waals surface area contributed by atoms with Crippen molar-refractivity contribution in [2.75, 3.05) is 11.1 Å². The van der Waals surface area contributed by atoms with E-state index in [1.165, 1.54) is 11.8 Å². The molecule has 184 valence electrons. The number of aromatic nitrogens is 3. The molecule has 0 bridgehead atoms. The zero-order valence-electron chi connectivity index (χ0n) is 19.1. The number of halogens is 3. The number of nitrogens with zero attached hydrogens (tertiary/aromatic N) is 3. The smallest absolute Gasteiger partial charge is 0.253 e. The van der Waals surface area contributed by atoms with Gasteiger partial charge in [-0.1, -0.05) is 67.0 Å². The molecule has 0 aliphatic carbocycles. The SMILES string of the molecule is C=CCn1c(SCC(=O)Nc2ccc(Br)c(Cl)c2)nnc1C(NC(=O)c1ccccc1Cl)C(C)C. The Bertz CT molecular complexity index is 1230. The highest BCUT2D eigenvalue weighted by molar-refractivity contribution is 9.10. The molecule has 3 rings (SSSR count). The second kappa shape index (κ2) is 12.6. The van der Waals surface area contributed by atoms with Crippen molar-refractivity contribution in [1.29, 1.82) is 0 Å². The molecule has 2 amide bonds. The Morgan fingerprint density at radius 3 is 2.57 bits per heavy atom. The summed E-state index contributed by atoms with van der Waals surface area (Å²) in [5.74, 6) is 0.182. The summed E-state index contributed by atoms with van der Waals surface area (Å²) in [6.45, 7) is 8.20. The highest BCUT2D eigenvalue weighted by Crippen LogP contribution is 2.28. The highest BCUT2D eigenvalue weighted by atomic mass is 79.9. The van der Waals surface area contributed by atoms with Gasteiger partial charge in [-0.05, 0) is 52.2 Å². The summed E-state index contributed by atoms with van der Waals surface area (Å²) in [5.41, 5.74) is 0.980. The largest absolute Gasteiger partial charge is 0.342 e. The van der Waals surface area contributed by atoms with E-state index in [9.17, 15) is 9.59 Å². The second-order valence-electron chi connectivity index (χ2n) is 7.88. The number of hydrogen-bond acceptors (Lipinski definition) is 5. The van der Waals surface area contributed by atoms with Crippen LogP contribution in [0.25, 0.3) is 0 Å². The summed E-state index contributed by atoms with van der Waals surface area (Å²) in [7, 11) is 0. The number of carbonyl (C=O) groups is 2. The van der Waals surface area contributed by atoms with Crippen LogP contribution in [0.5, 0.6) is 0 Å². The first kappa shape index (κ1) is 27.3. The number of benzene rings is 2. The van der Waals surface area contributed by atoms with Crippen LogP contribution in [-0.2, 0) is 11.3 Å². The standard InChI is InChI=1S/C24H24BrCl2N5O2S/c1-4-11-32-22(21(14(2)3)29-23(34)16-7-5-6-8-18(16)26)30-31-24(32)35-13-20(33)28-15-9-10-17(25)19(27)12-15/h4-10,12,14,21H,1,11,13H2,2-3H3,(H,28,33)(H,29,34). The van der Waals surface area contributed by atoms with Crippen molar-refractivity contribution in [1.82, 2.24) is 20.1 Å². The maximum atomic E-state index is 12.9. The number of carbonyl (C=O) groups excluding carboxylic acids is 2. The fourth-order valence-electron chi connectivity index (χ4n) is 3.23. The summed E-state index contributed by atoms with van der Waals surface area (Å²) in [4.78, 5) is 25.4. The minimum absolute atomic E-state index is 0.0116. The van der Waals surface area contributed by atoms with E-state index in [1.807, 2.05) is 18.4 Å². The molecule has 3 aromatic rings. The number of nitrogens with one attached hydrogen (secondary N) is 2. The van der Waals surface area contributed by atoms with E-state index in [-0.39, 0.29) is 23.5 Å². The van der Waals surface area contributed by atoms with Crippen LogP contribution < -0.4 is 10.6 Å². The zero-order chi connectivity index (χ0) is 25.5.